The third-order valence-electron chi connectivity index (χ3n) is 4.46. The van der Waals surface area contributed by atoms with Gasteiger partial charge in [0, 0.05) is 21.8 Å². The first-order valence-corrected chi connectivity index (χ1v) is 8.94. The molecule has 0 aromatic carbocycles. The van der Waals surface area contributed by atoms with E-state index in [1.165, 1.54) is 43.5 Å². The minimum atomic E-state index is 0.509. The predicted molar refractivity (Wildman–Crippen MR) is 89.8 cm³/mol. The molecule has 0 saturated carbocycles. The Morgan fingerprint density at radius 1 is 1.25 bits per heavy atom. The van der Waals surface area contributed by atoms with E-state index >= 15 is 0 Å². The number of hydrogen-bond acceptors (Lipinski definition) is 3. The molecule has 0 spiro atoms. The maximum Gasteiger partial charge on any atom is 0.0386 e. The minimum absolute atomic E-state index is 0.509. The van der Waals surface area contributed by atoms with Crippen LogP contribution in [-0.4, -0.2) is 31.1 Å². The molecule has 0 amide bonds. The average Bonchev–Trinajstić information content (AvgIpc) is 2.86. The van der Waals surface area contributed by atoms with Crippen LogP contribution in [0.2, 0.25) is 0 Å². The fraction of sp³-hybridized carbons (Fsp3) is 0.765. The second-order valence-electron chi connectivity index (χ2n) is 6.41. The van der Waals surface area contributed by atoms with Crippen molar-refractivity contribution in [2.24, 2.45) is 0 Å². The van der Waals surface area contributed by atoms with E-state index in [0.717, 1.165) is 6.54 Å². The van der Waals surface area contributed by atoms with Crippen LogP contribution < -0.4 is 5.32 Å². The molecule has 1 N–H and O–H groups in total. The molecule has 1 unspecified atom stereocenters. The Morgan fingerprint density at radius 2 is 2.00 bits per heavy atom. The summed E-state index contributed by atoms with van der Waals surface area (Å²) in [6.45, 7) is 9.11. The highest BCUT2D eigenvalue weighted by molar-refractivity contribution is 7.12. The van der Waals surface area contributed by atoms with Gasteiger partial charge < -0.3 is 10.2 Å². The summed E-state index contributed by atoms with van der Waals surface area (Å²) in [5, 5.41) is 3.69. The Bertz CT molecular complexity index is 388. The normalized spacial score (nSPS) is 16.7. The maximum atomic E-state index is 3.69. The van der Waals surface area contributed by atoms with Crippen LogP contribution in [0.5, 0.6) is 0 Å². The van der Waals surface area contributed by atoms with Crippen molar-refractivity contribution in [3.63, 3.8) is 0 Å². The van der Waals surface area contributed by atoms with Crippen molar-refractivity contribution in [3.8, 4) is 0 Å². The van der Waals surface area contributed by atoms with Gasteiger partial charge in [-0.2, -0.15) is 0 Å². The summed E-state index contributed by atoms with van der Waals surface area (Å²) in [5.41, 5.74) is 1.63. The quantitative estimate of drug-likeness (QED) is 0.764. The van der Waals surface area contributed by atoms with Crippen LogP contribution >= 0.6 is 11.3 Å². The summed E-state index contributed by atoms with van der Waals surface area (Å²) in [7, 11) is 2.21. The lowest BCUT2D eigenvalue weighted by atomic mass is 9.99. The molecule has 2 nitrogen and oxygen atoms in total. The second kappa shape index (κ2) is 7.58. The lowest BCUT2D eigenvalue weighted by Gasteiger charge is -2.21. The predicted octanol–water partition coefficient (Wildman–Crippen LogP) is 4.01. The van der Waals surface area contributed by atoms with Gasteiger partial charge in [0.05, 0.1) is 0 Å². The molecule has 3 heteroatoms. The van der Waals surface area contributed by atoms with Gasteiger partial charge >= 0.3 is 0 Å². The van der Waals surface area contributed by atoms with Gasteiger partial charge in [-0.3, -0.25) is 0 Å². The number of thiophene rings is 1. The fourth-order valence-corrected chi connectivity index (χ4v) is 4.02. The van der Waals surface area contributed by atoms with Crippen molar-refractivity contribution in [1.82, 2.24) is 10.2 Å². The van der Waals surface area contributed by atoms with Gasteiger partial charge in [-0.05, 0) is 84.6 Å². The molecule has 0 fully saturated rings. The molecule has 1 atom stereocenters. The smallest absolute Gasteiger partial charge is 0.0386 e. The molecule has 1 heterocycles. The van der Waals surface area contributed by atoms with Crippen molar-refractivity contribution >= 4 is 11.3 Å². The van der Waals surface area contributed by atoms with E-state index in [2.05, 4.69) is 44.1 Å². The second-order valence-corrected chi connectivity index (χ2v) is 7.58. The molecule has 1 aromatic heterocycles. The third kappa shape index (κ3) is 4.31. The Hall–Kier alpha value is -0.380. The maximum absolute atomic E-state index is 3.69. The Morgan fingerprint density at radius 3 is 2.70 bits per heavy atom. The Labute approximate surface area is 128 Å². The zero-order chi connectivity index (χ0) is 14.5. The van der Waals surface area contributed by atoms with Crippen LogP contribution in [0.25, 0.3) is 0 Å². The zero-order valence-corrected chi connectivity index (χ0v) is 14.4. The molecule has 2 rings (SSSR count). The van der Waals surface area contributed by atoms with E-state index in [9.17, 15) is 0 Å². The summed E-state index contributed by atoms with van der Waals surface area (Å²) >= 11 is 2.04. The number of aryl methyl sites for hydroxylation is 2. The molecule has 0 bridgehead atoms. The standard InChI is InChI=1S/C17H30N2S/c1-13(2)19(4)11-7-10-18-14(3)17-12-15-8-5-6-9-16(15)20-17/h12-14,18H,5-11H2,1-4H3. The highest BCUT2D eigenvalue weighted by Crippen LogP contribution is 2.32. The van der Waals surface area contributed by atoms with Gasteiger partial charge in [0.15, 0.2) is 0 Å². The molecular formula is C17H30N2S. The van der Waals surface area contributed by atoms with Gasteiger partial charge in [-0.15, -0.1) is 11.3 Å². The zero-order valence-electron chi connectivity index (χ0n) is 13.5. The summed E-state index contributed by atoms with van der Waals surface area (Å²) in [6, 6.07) is 3.61. The summed E-state index contributed by atoms with van der Waals surface area (Å²) < 4.78 is 0. The molecular weight excluding hydrogens is 264 g/mol. The molecule has 114 valence electrons. The van der Waals surface area contributed by atoms with Crippen LogP contribution in [0.4, 0.5) is 0 Å². The van der Waals surface area contributed by atoms with E-state index in [4.69, 9.17) is 0 Å². The number of rotatable bonds is 7. The van der Waals surface area contributed by atoms with E-state index < -0.39 is 0 Å². The molecule has 20 heavy (non-hydrogen) atoms. The van der Waals surface area contributed by atoms with Crippen LogP contribution in [0, 0.1) is 0 Å². The minimum Gasteiger partial charge on any atom is -0.309 e. The van der Waals surface area contributed by atoms with Crippen molar-refractivity contribution in [3.05, 3.63) is 21.4 Å². The van der Waals surface area contributed by atoms with Crippen molar-refractivity contribution in [1.29, 1.82) is 0 Å². The molecule has 0 aliphatic heterocycles. The van der Waals surface area contributed by atoms with Gasteiger partial charge in [0.25, 0.3) is 0 Å². The van der Waals surface area contributed by atoms with E-state index in [-0.39, 0.29) is 0 Å². The van der Waals surface area contributed by atoms with Gasteiger partial charge in [-0.25, -0.2) is 0 Å². The number of nitrogens with zero attached hydrogens (tertiary/aromatic N) is 1. The van der Waals surface area contributed by atoms with Crippen molar-refractivity contribution in [2.75, 3.05) is 20.1 Å². The van der Waals surface area contributed by atoms with Crippen LogP contribution in [0.1, 0.15) is 61.4 Å². The fourth-order valence-electron chi connectivity index (χ4n) is 2.73. The van der Waals surface area contributed by atoms with Crippen LogP contribution in [0.3, 0.4) is 0 Å². The first kappa shape index (κ1) is 16.0. The van der Waals surface area contributed by atoms with E-state index in [1.54, 1.807) is 10.4 Å². The number of fused-ring (bicyclic) bond motifs is 1. The molecule has 1 aliphatic rings. The first-order chi connectivity index (χ1) is 9.58. The SMILES string of the molecule is CC(NCCCN(C)C(C)C)c1cc2c(s1)CCCC2. The number of hydrogen-bond donors (Lipinski definition) is 1. The van der Waals surface area contributed by atoms with Crippen LogP contribution in [0.15, 0.2) is 6.07 Å². The van der Waals surface area contributed by atoms with Crippen molar-refractivity contribution in [2.45, 2.75) is 65.0 Å². The van der Waals surface area contributed by atoms with E-state index in [1.807, 2.05) is 11.3 Å². The largest absolute Gasteiger partial charge is 0.309 e. The molecule has 0 radical (unpaired) electrons. The van der Waals surface area contributed by atoms with Gasteiger partial charge in [0.1, 0.15) is 0 Å². The Kier molecular flexibility index (Phi) is 6.06. The third-order valence-corrected chi connectivity index (χ3v) is 5.88. The van der Waals surface area contributed by atoms with Gasteiger partial charge in [0.2, 0.25) is 0 Å². The van der Waals surface area contributed by atoms with E-state index in [0.29, 0.717) is 12.1 Å². The monoisotopic (exact) mass is 294 g/mol. The number of nitrogens with one attached hydrogen (secondary N) is 1. The average molecular weight is 295 g/mol. The highest BCUT2D eigenvalue weighted by atomic mass is 32.1. The highest BCUT2D eigenvalue weighted by Gasteiger charge is 2.16. The topological polar surface area (TPSA) is 15.3 Å². The van der Waals surface area contributed by atoms with Gasteiger partial charge in [-0.1, -0.05) is 0 Å². The summed E-state index contributed by atoms with van der Waals surface area (Å²) in [5.74, 6) is 0. The molecule has 0 saturated heterocycles. The molecule has 1 aromatic rings. The summed E-state index contributed by atoms with van der Waals surface area (Å²) in [6.07, 6.45) is 6.61. The van der Waals surface area contributed by atoms with Crippen molar-refractivity contribution < 1.29 is 0 Å². The Balaban J connectivity index is 1.74. The lowest BCUT2D eigenvalue weighted by Crippen LogP contribution is -2.30. The van der Waals surface area contributed by atoms with Crippen LogP contribution in [-0.2, 0) is 12.8 Å². The first-order valence-electron chi connectivity index (χ1n) is 8.13. The summed E-state index contributed by atoms with van der Waals surface area (Å²) in [4.78, 5) is 5.60. The molecule has 1 aliphatic carbocycles. The lowest BCUT2D eigenvalue weighted by molar-refractivity contribution is 0.268.